The Morgan fingerprint density at radius 1 is 1.21 bits per heavy atom. The highest BCUT2D eigenvalue weighted by atomic mass is 32.2. The number of ether oxygens (including phenoxy) is 3. The topological polar surface area (TPSA) is 78.7 Å². The molecule has 2 aromatic rings. The van der Waals surface area contributed by atoms with E-state index < -0.39 is 5.79 Å². The van der Waals surface area contributed by atoms with Crippen LogP contribution in [-0.4, -0.2) is 70.0 Å². The number of rotatable bonds is 4. The minimum atomic E-state index is -0.445. The predicted molar refractivity (Wildman–Crippen MR) is 106 cm³/mol. The molecule has 2 unspecified atom stereocenters. The number of piperidine rings is 1. The third-order valence-electron chi connectivity index (χ3n) is 5.88. The van der Waals surface area contributed by atoms with Crippen LogP contribution in [0.15, 0.2) is 29.4 Å². The number of fused-ring (bicyclic) bond motifs is 1. The molecule has 2 atom stereocenters. The Morgan fingerprint density at radius 3 is 2.52 bits per heavy atom. The van der Waals surface area contributed by atoms with Gasteiger partial charge in [-0.1, -0.05) is 23.9 Å². The van der Waals surface area contributed by atoms with Crippen LogP contribution in [-0.2, 0) is 9.47 Å². The number of hydrogen-bond donors (Lipinski definition) is 0. The SMILES string of the molecule is COc1ccc(C(C2Sc3nc(C)nn3C2=O)N2CCC3(CC2)OCCO3)cc1. The Morgan fingerprint density at radius 2 is 1.90 bits per heavy atom. The lowest BCUT2D eigenvalue weighted by Gasteiger charge is -2.42. The first-order valence-corrected chi connectivity index (χ1v) is 10.8. The first-order valence-electron chi connectivity index (χ1n) is 9.89. The lowest BCUT2D eigenvalue weighted by Crippen LogP contribution is -2.49. The number of carbonyl (C=O) groups is 1. The number of nitrogens with zero attached hydrogens (tertiary/aromatic N) is 4. The highest BCUT2D eigenvalue weighted by molar-refractivity contribution is 8.00. The second kappa shape index (κ2) is 7.39. The van der Waals surface area contributed by atoms with E-state index in [0.29, 0.717) is 24.2 Å². The van der Waals surface area contributed by atoms with Crippen molar-refractivity contribution in [2.45, 2.75) is 42.0 Å². The second-order valence-electron chi connectivity index (χ2n) is 7.59. The molecule has 2 fully saturated rings. The van der Waals surface area contributed by atoms with Crippen LogP contribution in [0.5, 0.6) is 5.75 Å². The number of likely N-dealkylation sites (tertiary alicyclic amines) is 1. The van der Waals surface area contributed by atoms with Crippen molar-refractivity contribution in [3.05, 3.63) is 35.7 Å². The maximum absolute atomic E-state index is 13.2. The van der Waals surface area contributed by atoms with E-state index >= 15 is 0 Å². The first-order chi connectivity index (χ1) is 14.1. The van der Waals surface area contributed by atoms with Crippen molar-refractivity contribution in [2.24, 2.45) is 0 Å². The molecule has 0 N–H and O–H groups in total. The quantitative estimate of drug-likeness (QED) is 0.751. The number of carbonyl (C=O) groups excluding carboxylic acids is 1. The molecule has 9 heteroatoms. The zero-order valence-electron chi connectivity index (χ0n) is 16.5. The summed E-state index contributed by atoms with van der Waals surface area (Å²) < 4.78 is 18.5. The molecule has 4 heterocycles. The summed E-state index contributed by atoms with van der Waals surface area (Å²) in [5.41, 5.74) is 1.09. The molecule has 0 amide bonds. The van der Waals surface area contributed by atoms with Crippen LogP contribution in [0.4, 0.5) is 0 Å². The highest BCUT2D eigenvalue weighted by Gasteiger charge is 2.46. The van der Waals surface area contributed by atoms with Gasteiger partial charge in [-0.25, -0.2) is 4.98 Å². The molecule has 154 valence electrons. The fraction of sp³-hybridized carbons (Fsp3) is 0.550. The van der Waals surface area contributed by atoms with Gasteiger partial charge in [-0.05, 0) is 24.6 Å². The molecule has 29 heavy (non-hydrogen) atoms. The van der Waals surface area contributed by atoms with Crippen LogP contribution in [0.2, 0.25) is 0 Å². The summed E-state index contributed by atoms with van der Waals surface area (Å²) in [7, 11) is 1.65. The molecule has 0 saturated carbocycles. The minimum Gasteiger partial charge on any atom is -0.497 e. The molecule has 0 aliphatic carbocycles. The van der Waals surface area contributed by atoms with E-state index in [-0.39, 0.29) is 17.2 Å². The summed E-state index contributed by atoms with van der Waals surface area (Å²) in [6.45, 7) is 4.72. The van der Waals surface area contributed by atoms with Crippen molar-refractivity contribution < 1.29 is 19.0 Å². The summed E-state index contributed by atoms with van der Waals surface area (Å²) in [6, 6.07) is 7.90. The van der Waals surface area contributed by atoms with Gasteiger partial charge in [0.15, 0.2) is 10.9 Å². The molecule has 1 spiro atoms. The molecule has 5 rings (SSSR count). The Labute approximate surface area is 173 Å². The summed E-state index contributed by atoms with van der Waals surface area (Å²) in [5, 5.41) is 4.67. The third-order valence-corrected chi connectivity index (χ3v) is 7.07. The van der Waals surface area contributed by atoms with Gasteiger partial charge in [0.1, 0.15) is 16.8 Å². The Balaban J connectivity index is 1.43. The number of benzene rings is 1. The zero-order valence-corrected chi connectivity index (χ0v) is 17.4. The Kier molecular flexibility index (Phi) is 4.85. The fourth-order valence-electron chi connectivity index (χ4n) is 4.41. The van der Waals surface area contributed by atoms with E-state index in [2.05, 4.69) is 15.0 Å². The largest absolute Gasteiger partial charge is 0.497 e. The number of aromatic nitrogens is 3. The van der Waals surface area contributed by atoms with Crippen molar-refractivity contribution in [1.82, 2.24) is 19.7 Å². The van der Waals surface area contributed by atoms with Crippen LogP contribution in [0.25, 0.3) is 0 Å². The predicted octanol–water partition coefficient (Wildman–Crippen LogP) is 2.29. The maximum atomic E-state index is 13.2. The standard InChI is InChI=1S/C20H24N4O4S/c1-13-21-19-24(22-13)18(25)17(29-19)16(14-3-5-15(26-2)6-4-14)23-9-7-20(8-10-23)27-11-12-28-20/h3-6,16-17H,7-12H2,1-2H3. The number of methoxy groups -OCH3 is 1. The Hall–Kier alpha value is -1.94. The van der Waals surface area contributed by atoms with Crippen LogP contribution < -0.4 is 4.74 Å². The number of hydrogen-bond acceptors (Lipinski definition) is 8. The maximum Gasteiger partial charge on any atom is 0.264 e. The van der Waals surface area contributed by atoms with Crippen molar-refractivity contribution >= 4 is 17.7 Å². The minimum absolute atomic E-state index is 0.0138. The monoisotopic (exact) mass is 416 g/mol. The van der Waals surface area contributed by atoms with Crippen molar-refractivity contribution in [3.8, 4) is 5.75 Å². The number of thioether (sulfide) groups is 1. The van der Waals surface area contributed by atoms with E-state index in [9.17, 15) is 4.79 Å². The summed E-state index contributed by atoms with van der Waals surface area (Å²) in [6.07, 6.45) is 1.60. The molecule has 1 aromatic carbocycles. The van der Waals surface area contributed by atoms with Gasteiger partial charge in [-0.15, -0.1) is 5.10 Å². The summed E-state index contributed by atoms with van der Waals surface area (Å²) in [5.74, 6) is 0.962. The Bertz CT molecular complexity index is 900. The molecule has 3 aliphatic heterocycles. The molecule has 0 bridgehead atoms. The average molecular weight is 417 g/mol. The summed E-state index contributed by atoms with van der Waals surface area (Å²) in [4.78, 5) is 20.0. The van der Waals surface area contributed by atoms with Crippen molar-refractivity contribution in [2.75, 3.05) is 33.4 Å². The average Bonchev–Trinajstić information content (AvgIpc) is 3.42. The van der Waals surface area contributed by atoms with Crippen molar-refractivity contribution in [3.63, 3.8) is 0 Å². The van der Waals surface area contributed by atoms with Gasteiger partial charge in [0.2, 0.25) is 0 Å². The first kappa shape index (κ1) is 19.0. The molecule has 0 radical (unpaired) electrons. The van der Waals surface area contributed by atoms with Crippen molar-refractivity contribution in [1.29, 1.82) is 0 Å². The second-order valence-corrected chi connectivity index (χ2v) is 8.70. The van der Waals surface area contributed by atoms with E-state index in [1.54, 1.807) is 14.0 Å². The van der Waals surface area contributed by atoms with Crippen LogP contribution >= 0.6 is 11.8 Å². The fourth-order valence-corrected chi connectivity index (χ4v) is 5.71. The lowest BCUT2D eigenvalue weighted by atomic mass is 9.95. The van der Waals surface area contributed by atoms with E-state index in [1.165, 1.54) is 16.4 Å². The van der Waals surface area contributed by atoms with Crippen LogP contribution in [0, 0.1) is 6.92 Å². The molecule has 2 saturated heterocycles. The van der Waals surface area contributed by atoms with Crippen LogP contribution in [0.1, 0.15) is 35.1 Å². The van der Waals surface area contributed by atoms with E-state index in [0.717, 1.165) is 37.2 Å². The van der Waals surface area contributed by atoms with Gasteiger partial charge < -0.3 is 14.2 Å². The summed E-state index contributed by atoms with van der Waals surface area (Å²) >= 11 is 1.50. The van der Waals surface area contributed by atoms with Gasteiger partial charge >= 0.3 is 0 Å². The lowest BCUT2D eigenvalue weighted by molar-refractivity contribution is -0.187. The van der Waals surface area contributed by atoms with E-state index in [4.69, 9.17) is 14.2 Å². The third kappa shape index (κ3) is 3.35. The molecular formula is C20H24N4O4S. The smallest absolute Gasteiger partial charge is 0.264 e. The van der Waals surface area contributed by atoms with E-state index in [1.807, 2.05) is 24.3 Å². The van der Waals surface area contributed by atoms with Crippen LogP contribution in [0.3, 0.4) is 0 Å². The molecule has 8 nitrogen and oxygen atoms in total. The highest BCUT2D eigenvalue weighted by Crippen LogP contribution is 2.43. The van der Waals surface area contributed by atoms with Gasteiger partial charge in [0.25, 0.3) is 5.91 Å². The van der Waals surface area contributed by atoms with Gasteiger partial charge in [-0.3, -0.25) is 9.69 Å². The zero-order chi connectivity index (χ0) is 20.0. The molecule has 3 aliphatic rings. The van der Waals surface area contributed by atoms with Gasteiger partial charge in [0, 0.05) is 25.9 Å². The van der Waals surface area contributed by atoms with Gasteiger partial charge in [0.05, 0.1) is 26.4 Å². The number of aryl methyl sites for hydroxylation is 1. The molecular weight excluding hydrogens is 392 g/mol. The molecule has 1 aromatic heterocycles. The normalized spacial score (nSPS) is 24.8. The van der Waals surface area contributed by atoms with Gasteiger partial charge in [-0.2, -0.15) is 4.68 Å².